The Morgan fingerprint density at radius 3 is 2.27 bits per heavy atom. The Balaban J connectivity index is 1.44. The van der Waals surface area contributed by atoms with Gasteiger partial charge in [-0.05, 0) is 54.7 Å². The lowest BCUT2D eigenvalue weighted by atomic mass is 9.73. The maximum absolute atomic E-state index is 13.0. The summed E-state index contributed by atoms with van der Waals surface area (Å²) in [5, 5.41) is 0. The van der Waals surface area contributed by atoms with Gasteiger partial charge >= 0.3 is 0 Å². The number of hydrogen-bond donors (Lipinski definition) is 0. The average Bonchev–Trinajstić information content (AvgIpc) is 3.02. The number of amides is 2. The molecule has 0 saturated carbocycles. The number of likely N-dealkylation sites (N-methyl/N-ethyl adjacent to an activating group) is 1. The summed E-state index contributed by atoms with van der Waals surface area (Å²) >= 11 is 0. The quantitative estimate of drug-likeness (QED) is 0.764. The van der Waals surface area contributed by atoms with Gasteiger partial charge in [0.05, 0.1) is 0 Å². The molecule has 2 heterocycles. The van der Waals surface area contributed by atoms with Gasteiger partial charge in [0.15, 0.2) is 0 Å². The first-order valence-electron chi connectivity index (χ1n) is 11.7. The summed E-state index contributed by atoms with van der Waals surface area (Å²) in [6, 6.07) is 8.78. The van der Waals surface area contributed by atoms with Crippen LogP contribution in [0.1, 0.15) is 63.0 Å². The van der Waals surface area contributed by atoms with Crippen LogP contribution in [0.25, 0.3) is 0 Å². The minimum atomic E-state index is 0.137. The zero-order valence-electron chi connectivity index (χ0n) is 18.9. The fourth-order valence-electron chi connectivity index (χ4n) is 5.74. The molecular formula is C25H37N3O2. The molecule has 164 valence electrons. The molecule has 4 rings (SSSR count). The van der Waals surface area contributed by atoms with Crippen LogP contribution in [0.3, 0.4) is 0 Å². The number of nitrogens with zero attached hydrogens (tertiary/aromatic N) is 3. The Bertz CT molecular complexity index is 774. The van der Waals surface area contributed by atoms with Crippen LogP contribution in [0.5, 0.6) is 0 Å². The van der Waals surface area contributed by atoms with E-state index in [1.54, 1.807) is 0 Å². The highest BCUT2D eigenvalue weighted by Gasteiger charge is 2.46. The number of carbonyl (C=O) groups is 2. The highest BCUT2D eigenvalue weighted by atomic mass is 16.2. The summed E-state index contributed by atoms with van der Waals surface area (Å²) in [7, 11) is 2.12. The number of likely N-dealkylation sites (tertiary alicyclic amines) is 1. The van der Waals surface area contributed by atoms with Crippen LogP contribution in [0.2, 0.25) is 0 Å². The molecule has 2 fully saturated rings. The molecule has 2 amide bonds. The molecule has 0 bridgehead atoms. The second-order valence-corrected chi connectivity index (χ2v) is 10.1. The van der Waals surface area contributed by atoms with Crippen molar-refractivity contribution in [2.45, 2.75) is 57.3 Å². The Hall–Kier alpha value is -1.88. The fraction of sp³-hybridized carbons (Fsp3) is 0.680. The first kappa shape index (κ1) is 21.4. The minimum Gasteiger partial charge on any atom is -0.343 e. The van der Waals surface area contributed by atoms with E-state index in [4.69, 9.17) is 0 Å². The number of piperidine rings is 1. The molecule has 1 aromatic rings. The SMILES string of the molecule is CC(C)CC(=O)N1CCC2(CC1)CC(CC(=O)N1CCN(C)CC1)c1ccccc12. The van der Waals surface area contributed by atoms with E-state index in [-0.39, 0.29) is 5.41 Å². The van der Waals surface area contributed by atoms with E-state index in [1.807, 2.05) is 0 Å². The van der Waals surface area contributed by atoms with Crippen molar-refractivity contribution in [2.75, 3.05) is 46.3 Å². The van der Waals surface area contributed by atoms with Crippen LogP contribution in [0.15, 0.2) is 24.3 Å². The molecule has 1 spiro atoms. The smallest absolute Gasteiger partial charge is 0.223 e. The summed E-state index contributed by atoms with van der Waals surface area (Å²) in [5.41, 5.74) is 2.96. The van der Waals surface area contributed by atoms with Crippen LogP contribution in [-0.4, -0.2) is 72.8 Å². The molecule has 2 aliphatic heterocycles. The van der Waals surface area contributed by atoms with Gasteiger partial charge in [0, 0.05) is 52.1 Å². The Labute approximate surface area is 181 Å². The maximum Gasteiger partial charge on any atom is 0.223 e. The van der Waals surface area contributed by atoms with Crippen molar-refractivity contribution in [1.82, 2.24) is 14.7 Å². The number of fused-ring (bicyclic) bond motifs is 2. The fourth-order valence-corrected chi connectivity index (χ4v) is 5.74. The number of carbonyl (C=O) groups excluding carboxylic acids is 2. The van der Waals surface area contributed by atoms with Crippen molar-refractivity contribution in [2.24, 2.45) is 5.92 Å². The average molecular weight is 412 g/mol. The molecule has 3 aliphatic rings. The van der Waals surface area contributed by atoms with Crippen molar-refractivity contribution in [3.8, 4) is 0 Å². The molecule has 5 heteroatoms. The Morgan fingerprint density at radius 2 is 1.60 bits per heavy atom. The summed E-state index contributed by atoms with van der Waals surface area (Å²) in [5.74, 6) is 1.33. The predicted molar refractivity (Wildman–Crippen MR) is 119 cm³/mol. The molecule has 1 aliphatic carbocycles. The van der Waals surface area contributed by atoms with E-state index in [9.17, 15) is 9.59 Å². The van der Waals surface area contributed by atoms with Gasteiger partial charge in [0.25, 0.3) is 0 Å². The standard InChI is InChI=1S/C25H37N3O2/c1-19(2)16-23(29)27-10-8-25(9-11-27)18-20(21-6-4-5-7-22(21)25)17-24(30)28-14-12-26(3)13-15-28/h4-7,19-20H,8-18H2,1-3H3. The second-order valence-electron chi connectivity index (χ2n) is 10.1. The van der Waals surface area contributed by atoms with E-state index in [2.05, 4.69) is 59.9 Å². The number of rotatable bonds is 4. The number of piperazine rings is 1. The summed E-state index contributed by atoms with van der Waals surface area (Å²) in [6.45, 7) is 9.55. The second kappa shape index (κ2) is 8.70. The van der Waals surface area contributed by atoms with Gasteiger partial charge in [-0.3, -0.25) is 9.59 Å². The van der Waals surface area contributed by atoms with Crippen LogP contribution in [0.4, 0.5) is 0 Å². The van der Waals surface area contributed by atoms with Gasteiger partial charge in [-0.15, -0.1) is 0 Å². The largest absolute Gasteiger partial charge is 0.343 e. The normalized spacial score (nSPS) is 23.8. The molecule has 0 aromatic heterocycles. The van der Waals surface area contributed by atoms with Gasteiger partial charge in [0.1, 0.15) is 0 Å². The van der Waals surface area contributed by atoms with Gasteiger partial charge in [-0.1, -0.05) is 38.1 Å². The predicted octanol–water partition coefficient (Wildman–Crippen LogP) is 3.24. The third-order valence-electron chi connectivity index (χ3n) is 7.54. The van der Waals surface area contributed by atoms with Crippen molar-refractivity contribution in [3.63, 3.8) is 0 Å². The van der Waals surface area contributed by atoms with E-state index in [0.29, 0.717) is 36.5 Å². The summed E-state index contributed by atoms with van der Waals surface area (Å²) in [6.07, 6.45) is 4.36. The van der Waals surface area contributed by atoms with Gasteiger partial charge < -0.3 is 14.7 Å². The lowest BCUT2D eigenvalue weighted by Crippen LogP contribution is -2.47. The topological polar surface area (TPSA) is 43.9 Å². The first-order chi connectivity index (χ1) is 14.4. The van der Waals surface area contributed by atoms with E-state index in [1.165, 1.54) is 11.1 Å². The first-order valence-corrected chi connectivity index (χ1v) is 11.7. The Morgan fingerprint density at radius 1 is 0.967 bits per heavy atom. The molecule has 0 radical (unpaired) electrons. The van der Waals surface area contributed by atoms with Crippen LogP contribution < -0.4 is 0 Å². The molecular weight excluding hydrogens is 374 g/mol. The molecule has 1 unspecified atom stereocenters. The van der Waals surface area contributed by atoms with E-state index in [0.717, 1.165) is 58.5 Å². The highest BCUT2D eigenvalue weighted by Crippen LogP contribution is 2.52. The molecule has 5 nitrogen and oxygen atoms in total. The van der Waals surface area contributed by atoms with Crippen molar-refractivity contribution in [1.29, 1.82) is 0 Å². The van der Waals surface area contributed by atoms with Gasteiger partial charge in [-0.2, -0.15) is 0 Å². The summed E-state index contributed by atoms with van der Waals surface area (Å²) in [4.78, 5) is 32.0. The zero-order valence-corrected chi connectivity index (χ0v) is 18.9. The zero-order chi connectivity index (χ0) is 21.3. The van der Waals surface area contributed by atoms with Crippen molar-refractivity contribution < 1.29 is 9.59 Å². The van der Waals surface area contributed by atoms with Gasteiger partial charge in [-0.25, -0.2) is 0 Å². The molecule has 1 atom stereocenters. The van der Waals surface area contributed by atoms with E-state index < -0.39 is 0 Å². The number of hydrogen-bond acceptors (Lipinski definition) is 3. The third-order valence-corrected chi connectivity index (χ3v) is 7.54. The Kier molecular flexibility index (Phi) is 6.19. The third kappa shape index (κ3) is 4.27. The van der Waals surface area contributed by atoms with Crippen LogP contribution >= 0.6 is 0 Å². The summed E-state index contributed by atoms with van der Waals surface area (Å²) < 4.78 is 0. The molecule has 2 saturated heterocycles. The van der Waals surface area contributed by atoms with Crippen LogP contribution in [0, 0.1) is 5.92 Å². The lowest BCUT2D eigenvalue weighted by molar-refractivity contribution is -0.133. The van der Waals surface area contributed by atoms with Gasteiger partial charge in [0.2, 0.25) is 11.8 Å². The molecule has 0 N–H and O–H groups in total. The lowest BCUT2D eigenvalue weighted by Gasteiger charge is -2.40. The van der Waals surface area contributed by atoms with E-state index >= 15 is 0 Å². The highest BCUT2D eigenvalue weighted by molar-refractivity contribution is 5.78. The maximum atomic E-state index is 13.0. The minimum absolute atomic E-state index is 0.137. The molecule has 1 aromatic carbocycles. The molecule has 30 heavy (non-hydrogen) atoms. The number of benzene rings is 1. The van der Waals surface area contributed by atoms with Crippen LogP contribution in [-0.2, 0) is 15.0 Å². The van der Waals surface area contributed by atoms with Crippen molar-refractivity contribution in [3.05, 3.63) is 35.4 Å². The monoisotopic (exact) mass is 411 g/mol. The van der Waals surface area contributed by atoms with Crippen molar-refractivity contribution >= 4 is 11.8 Å².